The maximum atomic E-state index is 11.7. The van der Waals surface area contributed by atoms with Gasteiger partial charge in [0.15, 0.2) is 0 Å². The number of likely N-dealkylation sites (tertiary alicyclic amines) is 1. The Hall–Kier alpha value is -1.32. The number of hydrogen-bond acceptors (Lipinski definition) is 3. The van der Waals surface area contributed by atoms with Crippen LogP contribution in [0.3, 0.4) is 0 Å². The minimum Gasteiger partial charge on any atom is -0.464 e. The summed E-state index contributed by atoms with van der Waals surface area (Å²) in [4.78, 5) is 25.0. The third kappa shape index (κ3) is 3.08. The van der Waals surface area contributed by atoms with E-state index >= 15 is 0 Å². The van der Waals surface area contributed by atoms with Crippen LogP contribution in [-0.2, 0) is 14.3 Å². The number of piperidine rings is 1. The van der Waals surface area contributed by atoms with Crippen molar-refractivity contribution in [3.63, 3.8) is 0 Å². The zero-order chi connectivity index (χ0) is 12.0. The molecule has 0 aliphatic carbocycles. The van der Waals surface area contributed by atoms with Gasteiger partial charge in [-0.3, -0.25) is 4.79 Å². The summed E-state index contributed by atoms with van der Waals surface area (Å²) in [5.41, 5.74) is 0. The third-order valence-corrected chi connectivity index (χ3v) is 2.65. The van der Waals surface area contributed by atoms with Gasteiger partial charge in [0.05, 0.1) is 6.61 Å². The Labute approximate surface area is 96.3 Å². The van der Waals surface area contributed by atoms with Crippen LogP contribution >= 0.6 is 0 Å². The Kier molecular flexibility index (Phi) is 5.02. The fourth-order valence-electron chi connectivity index (χ4n) is 1.92. The average Bonchev–Trinajstić information content (AvgIpc) is 2.30. The van der Waals surface area contributed by atoms with Crippen molar-refractivity contribution in [2.24, 2.45) is 0 Å². The number of carbonyl (C=O) groups is 2. The first-order valence-electron chi connectivity index (χ1n) is 5.80. The second-order valence-electron chi connectivity index (χ2n) is 3.80. The fourth-order valence-corrected chi connectivity index (χ4v) is 1.92. The van der Waals surface area contributed by atoms with Crippen molar-refractivity contribution in [2.45, 2.75) is 39.2 Å². The normalized spacial score (nSPS) is 21.1. The molecule has 0 aromatic carbocycles. The topological polar surface area (TPSA) is 46.6 Å². The minimum atomic E-state index is -0.391. The largest absolute Gasteiger partial charge is 0.464 e. The van der Waals surface area contributed by atoms with E-state index in [0.29, 0.717) is 19.6 Å². The Bertz CT molecular complexity index is 286. The van der Waals surface area contributed by atoms with Crippen molar-refractivity contribution in [2.75, 3.05) is 13.2 Å². The van der Waals surface area contributed by atoms with Gasteiger partial charge in [0, 0.05) is 6.54 Å². The Morgan fingerprint density at radius 1 is 1.44 bits per heavy atom. The highest BCUT2D eigenvalue weighted by molar-refractivity contribution is 5.91. The van der Waals surface area contributed by atoms with E-state index in [-0.39, 0.29) is 11.9 Å². The van der Waals surface area contributed by atoms with Crippen LogP contribution < -0.4 is 0 Å². The molecule has 1 heterocycles. The lowest BCUT2D eigenvalue weighted by atomic mass is 10.0. The van der Waals surface area contributed by atoms with E-state index in [1.54, 1.807) is 24.8 Å². The minimum absolute atomic E-state index is 0.0970. The molecule has 0 N–H and O–H groups in total. The summed E-state index contributed by atoms with van der Waals surface area (Å²) in [5, 5.41) is 0. The Morgan fingerprint density at radius 3 is 2.81 bits per heavy atom. The molecule has 1 rings (SSSR count). The molecule has 1 aliphatic rings. The molecular formula is C12H19NO3. The molecule has 1 atom stereocenters. The second-order valence-corrected chi connectivity index (χ2v) is 3.80. The number of rotatable bonds is 3. The predicted octanol–water partition coefficient (Wildman–Crippen LogP) is 1.51. The quantitative estimate of drug-likeness (QED) is 0.540. The molecule has 1 aliphatic heterocycles. The molecule has 1 unspecified atom stereocenters. The van der Waals surface area contributed by atoms with Crippen LogP contribution in [0, 0.1) is 0 Å². The molecule has 4 heteroatoms. The van der Waals surface area contributed by atoms with Crippen molar-refractivity contribution in [3.8, 4) is 0 Å². The van der Waals surface area contributed by atoms with Crippen LogP contribution in [0.4, 0.5) is 0 Å². The molecule has 1 saturated heterocycles. The lowest BCUT2D eigenvalue weighted by molar-refractivity contribution is -0.155. The van der Waals surface area contributed by atoms with Crippen LogP contribution in [0.2, 0.25) is 0 Å². The monoisotopic (exact) mass is 225 g/mol. The van der Waals surface area contributed by atoms with Crippen molar-refractivity contribution in [1.29, 1.82) is 0 Å². The van der Waals surface area contributed by atoms with Gasteiger partial charge in [-0.05, 0) is 39.2 Å². The van der Waals surface area contributed by atoms with Crippen LogP contribution in [0.5, 0.6) is 0 Å². The molecular weight excluding hydrogens is 206 g/mol. The van der Waals surface area contributed by atoms with Crippen molar-refractivity contribution >= 4 is 11.9 Å². The van der Waals surface area contributed by atoms with Gasteiger partial charge in [-0.2, -0.15) is 0 Å². The van der Waals surface area contributed by atoms with Crippen LogP contribution in [0.25, 0.3) is 0 Å². The van der Waals surface area contributed by atoms with E-state index in [0.717, 1.165) is 12.8 Å². The lowest BCUT2D eigenvalue weighted by Crippen LogP contribution is -2.48. The van der Waals surface area contributed by atoms with E-state index in [1.807, 2.05) is 0 Å². The van der Waals surface area contributed by atoms with Crippen molar-refractivity contribution < 1.29 is 14.3 Å². The molecule has 0 aromatic rings. The van der Waals surface area contributed by atoms with Gasteiger partial charge >= 0.3 is 5.97 Å². The summed E-state index contributed by atoms with van der Waals surface area (Å²) >= 11 is 0. The molecule has 90 valence electrons. The predicted molar refractivity (Wildman–Crippen MR) is 60.8 cm³/mol. The first-order chi connectivity index (χ1) is 7.70. The van der Waals surface area contributed by atoms with Crippen LogP contribution in [0.15, 0.2) is 12.2 Å². The maximum absolute atomic E-state index is 11.7. The van der Waals surface area contributed by atoms with E-state index < -0.39 is 6.04 Å². The number of amides is 1. The van der Waals surface area contributed by atoms with E-state index in [1.165, 1.54) is 6.08 Å². The molecule has 0 aromatic heterocycles. The van der Waals surface area contributed by atoms with E-state index in [2.05, 4.69) is 0 Å². The van der Waals surface area contributed by atoms with E-state index in [9.17, 15) is 9.59 Å². The van der Waals surface area contributed by atoms with Gasteiger partial charge < -0.3 is 9.64 Å². The highest BCUT2D eigenvalue weighted by atomic mass is 16.5. The zero-order valence-electron chi connectivity index (χ0n) is 9.94. The molecule has 0 radical (unpaired) electrons. The van der Waals surface area contributed by atoms with Crippen molar-refractivity contribution in [1.82, 2.24) is 4.90 Å². The number of allylic oxidation sites excluding steroid dienone is 1. The van der Waals surface area contributed by atoms with E-state index in [4.69, 9.17) is 4.74 Å². The summed E-state index contributed by atoms with van der Waals surface area (Å²) in [6.45, 7) is 4.58. The molecule has 4 nitrogen and oxygen atoms in total. The SMILES string of the molecule is CC=CC(=O)N1CCCCC1C(=O)OCC. The first-order valence-corrected chi connectivity index (χ1v) is 5.80. The fraction of sp³-hybridized carbons (Fsp3) is 0.667. The smallest absolute Gasteiger partial charge is 0.328 e. The summed E-state index contributed by atoms with van der Waals surface area (Å²) in [6.07, 6.45) is 5.83. The summed E-state index contributed by atoms with van der Waals surface area (Å²) < 4.78 is 4.98. The Balaban J connectivity index is 2.70. The van der Waals surface area contributed by atoms with Gasteiger partial charge in [-0.15, -0.1) is 0 Å². The number of carbonyl (C=O) groups excluding carboxylic acids is 2. The number of ether oxygens (including phenoxy) is 1. The molecule has 0 spiro atoms. The highest BCUT2D eigenvalue weighted by Gasteiger charge is 2.31. The number of hydrogen-bond donors (Lipinski definition) is 0. The lowest BCUT2D eigenvalue weighted by Gasteiger charge is -2.33. The second kappa shape index (κ2) is 6.30. The standard InChI is InChI=1S/C12H19NO3/c1-3-7-11(14)13-9-6-5-8-10(13)12(15)16-4-2/h3,7,10H,4-6,8-9H2,1-2H3. The molecule has 0 saturated carbocycles. The summed E-state index contributed by atoms with van der Waals surface area (Å²) in [5.74, 6) is -0.375. The van der Waals surface area contributed by atoms with Gasteiger partial charge in [0.2, 0.25) is 5.91 Å². The van der Waals surface area contributed by atoms with Gasteiger partial charge in [-0.1, -0.05) is 6.08 Å². The van der Waals surface area contributed by atoms with Gasteiger partial charge in [-0.25, -0.2) is 4.79 Å². The molecule has 16 heavy (non-hydrogen) atoms. The zero-order valence-corrected chi connectivity index (χ0v) is 9.94. The van der Waals surface area contributed by atoms with Crippen LogP contribution in [-0.4, -0.2) is 36.0 Å². The molecule has 1 fully saturated rings. The summed E-state index contributed by atoms with van der Waals surface area (Å²) in [7, 11) is 0. The number of nitrogens with zero attached hydrogens (tertiary/aromatic N) is 1. The maximum Gasteiger partial charge on any atom is 0.328 e. The molecule has 1 amide bonds. The average molecular weight is 225 g/mol. The highest BCUT2D eigenvalue weighted by Crippen LogP contribution is 2.18. The molecule has 0 bridgehead atoms. The van der Waals surface area contributed by atoms with Crippen molar-refractivity contribution in [3.05, 3.63) is 12.2 Å². The Morgan fingerprint density at radius 2 is 2.19 bits per heavy atom. The number of esters is 1. The van der Waals surface area contributed by atoms with Crippen LogP contribution in [0.1, 0.15) is 33.1 Å². The van der Waals surface area contributed by atoms with Gasteiger partial charge in [0.1, 0.15) is 6.04 Å². The third-order valence-electron chi connectivity index (χ3n) is 2.65. The summed E-state index contributed by atoms with van der Waals surface area (Å²) in [6, 6.07) is -0.391. The van der Waals surface area contributed by atoms with Gasteiger partial charge in [0.25, 0.3) is 0 Å². The first kappa shape index (κ1) is 12.7.